The van der Waals surface area contributed by atoms with Crippen molar-refractivity contribution in [2.24, 2.45) is 15.9 Å². The summed E-state index contributed by atoms with van der Waals surface area (Å²) in [6.45, 7) is 7.74. The molecule has 1 aliphatic carbocycles. The van der Waals surface area contributed by atoms with Crippen LogP contribution in [0.2, 0.25) is 0 Å². The number of nitrogens with one attached hydrogen (secondary N) is 1. The lowest BCUT2D eigenvalue weighted by Crippen LogP contribution is -2.29. The van der Waals surface area contributed by atoms with E-state index in [9.17, 15) is 0 Å². The highest BCUT2D eigenvalue weighted by atomic mass is 15.1. The van der Waals surface area contributed by atoms with E-state index in [0.29, 0.717) is 12.0 Å². The van der Waals surface area contributed by atoms with Crippen LogP contribution in [0, 0.1) is 5.92 Å². The summed E-state index contributed by atoms with van der Waals surface area (Å²) in [6.07, 6.45) is 16.8. The number of aromatic nitrogens is 2. The highest BCUT2D eigenvalue weighted by Gasteiger charge is 2.22. The van der Waals surface area contributed by atoms with Crippen LogP contribution in [0.3, 0.4) is 0 Å². The molecular formula is C25H34N6. The Hall–Kier alpha value is -2.76. The molecule has 1 N–H and O–H groups in total. The molecule has 1 aromatic heterocycles. The minimum absolute atomic E-state index is 0.407. The van der Waals surface area contributed by atoms with Crippen LogP contribution in [-0.2, 0) is 6.42 Å². The van der Waals surface area contributed by atoms with Crippen LogP contribution in [0.1, 0.15) is 57.4 Å². The predicted molar refractivity (Wildman–Crippen MR) is 130 cm³/mol. The maximum Gasteiger partial charge on any atom is 0.0920 e. The first kappa shape index (κ1) is 21.5. The molecule has 31 heavy (non-hydrogen) atoms. The Balaban J connectivity index is 1.41. The largest absolute Gasteiger partial charge is 0.371 e. The maximum atomic E-state index is 4.70. The molecule has 0 bridgehead atoms. The van der Waals surface area contributed by atoms with Gasteiger partial charge in [-0.3, -0.25) is 20.0 Å². The lowest BCUT2D eigenvalue weighted by Gasteiger charge is -2.30. The highest BCUT2D eigenvalue weighted by Crippen LogP contribution is 2.33. The first-order valence-electron chi connectivity index (χ1n) is 11.6. The standard InChI is InChI=1S/C25H34N6/c1-19(17-26-2)29-18-30-22-8-6-20(7-9-22)14-21-15-23(31-12-4-3-5-13-31)16-24-25(21)28-11-10-27-24/h10-11,15-18,20,22H,2-9,12-14H2,1H3,(H,29,30)/b19-17-. The van der Waals surface area contributed by atoms with Gasteiger partial charge in [-0.05, 0) is 88.6 Å². The number of fused-ring (bicyclic) bond motifs is 1. The first-order chi connectivity index (χ1) is 15.2. The number of allylic oxidation sites excluding steroid dienone is 1. The molecule has 0 spiro atoms. The third kappa shape index (κ3) is 5.69. The van der Waals surface area contributed by atoms with Crippen molar-refractivity contribution in [3.8, 4) is 0 Å². The Morgan fingerprint density at radius 2 is 1.90 bits per heavy atom. The van der Waals surface area contributed by atoms with Gasteiger partial charge in [0.1, 0.15) is 0 Å². The van der Waals surface area contributed by atoms with Gasteiger partial charge in [0.2, 0.25) is 0 Å². The Morgan fingerprint density at radius 3 is 2.68 bits per heavy atom. The van der Waals surface area contributed by atoms with Gasteiger partial charge < -0.3 is 10.2 Å². The van der Waals surface area contributed by atoms with E-state index in [-0.39, 0.29) is 0 Å². The van der Waals surface area contributed by atoms with Gasteiger partial charge in [0.05, 0.1) is 23.4 Å². The molecule has 2 aromatic rings. The fraction of sp³-hybridized carbons (Fsp3) is 0.520. The van der Waals surface area contributed by atoms with E-state index in [1.807, 2.05) is 25.7 Å². The summed E-state index contributed by atoms with van der Waals surface area (Å²) >= 11 is 0. The highest BCUT2D eigenvalue weighted by molar-refractivity contribution is 5.82. The van der Waals surface area contributed by atoms with Crippen LogP contribution in [0.5, 0.6) is 0 Å². The third-order valence-corrected chi connectivity index (χ3v) is 6.55. The Morgan fingerprint density at radius 1 is 1.13 bits per heavy atom. The molecule has 0 amide bonds. The van der Waals surface area contributed by atoms with Crippen LogP contribution >= 0.6 is 0 Å². The normalized spacial score (nSPS) is 22.7. The van der Waals surface area contributed by atoms with Crippen molar-refractivity contribution in [3.05, 3.63) is 42.0 Å². The van der Waals surface area contributed by atoms with Crippen molar-refractivity contribution in [2.75, 3.05) is 18.0 Å². The van der Waals surface area contributed by atoms with Gasteiger partial charge in [0.25, 0.3) is 0 Å². The number of anilines is 1. The predicted octanol–water partition coefficient (Wildman–Crippen LogP) is 4.90. The molecule has 2 heterocycles. The second kappa shape index (κ2) is 10.5. The second-order valence-corrected chi connectivity index (χ2v) is 8.87. The fourth-order valence-corrected chi connectivity index (χ4v) is 4.85. The van der Waals surface area contributed by atoms with Crippen LogP contribution in [0.4, 0.5) is 5.69 Å². The molecule has 6 heteroatoms. The number of nitrogens with zero attached hydrogens (tertiary/aromatic N) is 5. The molecule has 164 valence electrons. The fourth-order valence-electron chi connectivity index (χ4n) is 4.85. The number of hydrogen-bond acceptors (Lipinski definition) is 5. The van der Waals surface area contributed by atoms with Gasteiger partial charge in [0.15, 0.2) is 0 Å². The monoisotopic (exact) mass is 418 g/mol. The van der Waals surface area contributed by atoms with Gasteiger partial charge in [0, 0.05) is 43.1 Å². The molecule has 2 fully saturated rings. The van der Waals surface area contributed by atoms with E-state index >= 15 is 0 Å². The van der Waals surface area contributed by atoms with E-state index in [1.165, 1.54) is 43.4 Å². The molecule has 0 atom stereocenters. The van der Waals surface area contributed by atoms with Gasteiger partial charge in [-0.1, -0.05) is 0 Å². The lowest BCUT2D eigenvalue weighted by molar-refractivity contribution is 0.326. The molecule has 1 saturated carbocycles. The number of hydrogen-bond donors (Lipinski definition) is 1. The van der Waals surface area contributed by atoms with Crippen molar-refractivity contribution in [3.63, 3.8) is 0 Å². The van der Waals surface area contributed by atoms with Crippen molar-refractivity contribution in [2.45, 2.75) is 64.3 Å². The van der Waals surface area contributed by atoms with Gasteiger partial charge in [-0.2, -0.15) is 0 Å². The van der Waals surface area contributed by atoms with Crippen molar-refractivity contribution in [1.29, 1.82) is 0 Å². The van der Waals surface area contributed by atoms with E-state index in [1.54, 1.807) is 6.20 Å². The van der Waals surface area contributed by atoms with E-state index < -0.39 is 0 Å². The van der Waals surface area contributed by atoms with Crippen molar-refractivity contribution >= 4 is 29.8 Å². The summed E-state index contributed by atoms with van der Waals surface area (Å²) in [6, 6.07) is 5.03. The van der Waals surface area contributed by atoms with Crippen LogP contribution in [-0.4, -0.2) is 42.2 Å². The summed E-state index contributed by atoms with van der Waals surface area (Å²) in [5.41, 5.74) is 5.74. The minimum atomic E-state index is 0.407. The average Bonchev–Trinajstić information content (AvgIpc) is 2.81. The maximum absolute atomic E-state index is 4.70. The molecule has 0 unspecified atom stereocenters. The van der Waals surface area contributed by atoms with E-state index in [2.05, 4.69) is 44.0 Å². The van der Waals surface area contributed by atoms with Gasteiger partial charge in [-0.25, -0.2) is 0 Å². The molecule has 1 aliphatic heterocycles. The summed E-state index contributed by atoms with van der Waals surface area (Å²) in [5, 5.41) is 3.16. The lowest BCUT2D eigenvalue weighted by atomic mass is 9.82. The van der Waals surface area contributed by atoms with E-state index in [0.717, 1.165) is 49.1 Å². The third-order valence-electron chi connectivity index (χ3n) is 6.55. The van der Waals surface area contributed by atoms with Crippen LogP contribution in [0.15, 0.2) is 46.4 Å². The summed E-state index contributed by atoms with van der Waals surface area (Å²) in [5.74, 6) is 0.688. The van der Waals surface area contributed by atoms with E-state index in [4.69, 9.17) is 4.99 Å². The topological polar surface area (TPSA) is 65.8 Å². The summed E-state index contributed by atoms with van der Waals surface area (Å²) < 4.78 is 0. The molecule has 4 rings (SSSR count). The molecule has 1 saturated heterocycles. The Kier molecular flexibility index (Phi) is 7.28. The van der Waals surface area contributed by atoms with Gasteiger partial charge in [-0.15, -0.1) is 0 Å². The zero-order chi connectivity index (χ0) is 21.5. The molecule has 6 nitrogen and oxygen atoms in total. The van der Waals surface area contributed by atoms with Crippen molar-refractivity contribution < 1.29 is 0 Å². The number of piperidine rings is 1. The molecule has 1 aromatic carbocycles. The Bertz CT molecular complexity index is 936. The average molecular weight is 419 g/mol. The van der Waals surface area contributed by atoms with Crippen LogP contribution in [0.25, 0.3) is 11.0 Å². The molecule has 2 aliphatic rings. The summed E-state index contributed by atoms with van der Waals surface area (Å²) in [7, 11) is 0. The Labute approximate surface area is 185 Å². The van der Waals surface area contributed by atoms with Gasteiger partial charge >= 0.3 is 0 Å². The second-order valence-electron chi connectivity index (χ2n) is 8.87. The minimum Gasteiger partial charge on any atom is -0.371 e. The van der Waals surface area contributed by atoms with Crippen LogP contribution < -0.4 is 10.2 Å². The first-order valence-corrected chi connectivity index (χ1v) is 11.6. The molecule has 0 radical (unpaired) electrons. The summed E-state index contributed by atoms with van der Waals surface area (Å²) in [4.78, 5) is 20.3. The number of rotatable bonds is 7. The zero-order valence-electron chi connectivity index (χ0n) is 18.6. The zero-order valence-corrected chi connectivity index (χ0v) is 18.6. The number of aliphatic imine (C=N–C) groups is 2. The van der Waals surface area contributed by atoms with Crippen molar-refractivity contribution in [1.82, 2.24) is 15.3 Å². The molecular weight excluding hydrogens is 384 g/mol. The number of benzene rings is 1. The SMILES string of the molecule is C=N/C=C(/C)NC=NC1CCC(Cc2cc(N3CCCCC3)cc3nccnc23)CC1. The smallest absolute Gasteiger partial charge is 0.0920 e. The quantitative estimate of drug-likeness (QED) is 0.513.